The molecular formula is C10H14N2O3S. The lowest BCUT2D eigenvalue weighted by Crippen LogP contribution is -2.12. The number of ether oxygens (including phenoxy) is 1. The number of aryl methyl sites for hydroxylation is 1. The van der Waals surface area contributed by atoms with Crippen LogP contribution in [0.1, 0.15) is 18.5 Å². The summed E-state index contributed by atoms with van der Waals surface area (Å²) in [7, 11) is -3.29. The monoisotopic (exact) mass is 242 g/mol. The van der Waals surface area contributed by atoms with E-state index in [9.17, 15) is 8.42 Å². The van der Waals surface area contributed by atoms with E-state index in [2.05, 4.69) is 9.71 Å². The molecule has 16 heavy (non-hydrogen) atoms. The van der Waals surface area contributed by atoms with Crippen molar-refractivity contribution < 1.29 is 13.2 Å². The van der Waals surface area contributed by atoms with Gasteiger partial charge in [0.2, 0.25) is 10.0 Å². The Kier molecular flexibility index (Phi) is 2.75. The molecule has 0 spiro atoms. The van der Waals surface area contributed by atoms with E-state index in [0.717, 1.165) is 19.1 Å². The van der Waals surface area contributed by atoms with Crippen molar-refractivity contribution in [2.45, 2.75) is 25.9 Å². The molecule has 0 radical (unpaired) electrons. The minimum Gasteiger partial charge on any atom is -0.486 e. The number of sulfonamides is 1. The first-order valence-electron chi connectivity index (χ1n) is 5.06. The van der Waals surface area contributed by atoms with Gasteiger partial charge in [-0.15, -0.1) is 0 Å². The molecule has 0 unspecified atom stereocenters. The number of anilines is 1. The van der Waals surface area contributed by atoms with Gasteiger partial charge >= 0.3 is 0 Å². The van der Waals surface area contributed by atoms with Gasteiger partial charge in [-0.2, -0.15) is 0 Å². The number of hydrogen-bond acceptors (Lipinski definition) is 4. The number of rotatable bonds is 4. The summed E-state index contributed by atoms with van der Waals surface area (Å²) < 4.78 is 30.4. The van der Waals surface area contributed by atoms with E-state index in [-0.39, 0.29) is 6.10 Å². The highest BCUT2D eigenvalue weighted by atomic mass is 32.2. The van der Waals surface area contributed by atoms with Crippen molar-refractivity contribution in [3.8, 4) is 5.75 Å². The van der Waals surface area contributed by atoms with Crippen LogP contribution in [0, 0.1) is 6.92 Å². The maximum atomic E-state index is 11.2. The van der Waals surface area contributed by atoms with E-state index in [1.807, 2.05) is 0 Å². The molecule has 1 aliphatic rings. The lowest BCUT2D eigenvalue weighted by Gasteiger charge is -2.13. The topological polar surface area (TPSA) is 68.3 Å². The van der Waals surface area contributed by atoms with Gasteiger partial charge in [-0.05, 0) is 25.8 Å². The summed E-state index contributed by atoms with van der Waals surface area (Å²) in [5.41, 5.74) is 1.16. The quantitative estimate of drug-likeness (QED) is 0.864. The predicted molar refractivity (Wildman–Crippen MR) is 61.1 cm³/mol. The molecule has 0 saturated heterocycles. The highest BCUT2D eigenvalue weighted by Crippen LogP contribution is 2.33. The van der Waals surface area contributed by atoms with Gasteiger partial charge in [0.15, 0.2) is 5.75 Å². The van der Waals surface area contributed by atoms with Crippen LogP contribution in [-0.4, -0.2) is 25.8 Å². The first kappa shape index (κ1) is 11.2. The molecule has 0 amide bonds. The molecule has 88 valence electrons. The van der Waals surface area contributed by atoms with Gasteiger partial charge in [-0.3, -0.25) is 9.71 Å². The molecule has 1 aromatic heterocycles. The van der Waals surface area contributed by atoms with E-state index in [0.29, 0.717) is 17.1 Å². The Hall–Kier alpha value is -1.30. The summed E-state index contributed by atoms with van der Waals surface area (Å²) in [5, 5.41) is 0. The Morgan fingerprint density at radius 2 is 2.19 bits per heavy atom. The van der Waals surface area contributed by atoms with Crippen molar-refractivity contribution in [1.82, 2.24) is 4.98 Å². The molecule has 1 aliphatic carbocycles. The highest BCUT2D eigenvalue weighted by Gasteiger charge is 2.26. The average molecular weight is 242 g/mol. The first-order chi connectivity index (χ1) is 7.46. The molecule has 5 nitrogen and oxygen atoms in total. The summed E-state index contributed by atoms with van der Waals surface area (Å²) in [6.07, 6.45) is 4.92. The number of nitrogens with zero attached hydrogens (tertiary/aromatic N) is 1. The zero-order valence-corrected chi connectivity index (χ0v) is 10.0. The van der Waals surface area contributed by atoms with Crippen LogP contribution >= 0.6 is 0 Å². The minimum atomic E-state index is -3.29. The van der Waals surface area contributed by atoms with Crippen molar-refractivity contribution in [3.05, 3.63) is 18.0 Å². The molecule has 0 aliphatic heterocycles. The molecule has 1 saturated carbocycles. The second-order valence-electron chi connectivity index (χ2n) is 3.96. The molecular weight excluding hydrogens is 228 g/mol. The largest absolute Gasteiger partial charge is 0.486 e. The third-order valence-corrected chi connectivity index (χ3v) is 2.78. The smallest absolute Gasteiger partial charge is 0.229 e. The van der Waals surface area contributed by atoms with Gasteiger partial charge in [-0.25, -0.2) is 8.42 Å². The van der Waals surface area contributed by atoms with Gasteiger partial charge < -0.3 is 4.74 Å². The lowest BCUT2D eigenvalue weighted by atomic mass is 10.3. The van der Waals surface area contributed by atoms with Gasteiger partial charge in [0.1, 0.15) is 0 Å². The molecule has 6 heteroatoms. The molecule has 0 aromatic carbocycles. The van der Waals surface area contributed by atoms with Crippen LogP contribution in [0.5, 0.6) is 5.75 Å². The van der Waals surface area contributed by atoms with E-state index in [4.69, 9.17) is 4.74 Å². The molecule has 0 bridgehead atoms. The standard InChI is InChI=1S/C10H14N2O3S/c1-7-10(15-8-3-4-8)9(5-6-11-7)12-16(2,13)14/h5-6,8H,3-4H2,1-2H3,(H,11,12). The van der Waals surface area contributed by atoms with Crippen LogP contribution in [0.25, 0.3) is 0 Å². The Morgan fingerprint density at radius 3 is 2.75 bits per heavy atom. The number of pyridine rings is 1. The van der Waals surface area contributed by atoms with Crippen molar-refractivity contribution >= 4 is 15.7 Å². The molecule has 1 fully saturated rings. The van der Waals surface area contributed by atoms with Gasteiger partial charge in [0.05, 0.1) is 23.7 Å². The second kappa shape index (κ2) is 3.93. The fourth-order valence-corrected chi connectivity index (χ4v) is 1.89. The van der Waals surface area contributed by atoms with Crippen molar-refractivity contribution in [3.63, 3.8) is 0 Å². The number of aromatic nitrogens is 1. The molecule has 2 rings (SSSR count). The fraction of sp³-hybridized carbons (Fsp3) is 0.500. The highest BCUT2D eigenvalue weighted by molar-refractivity contribution is 7.92. The van der Waals surface area contributed by atoms with Crippen molar-refractivity contribution in [2.24, 2.45) is 0 Å². The van der Waals surface area contributed by atoms with E-state index in [1.165, 1.54) is 0 Å². The Morgan fingerprint density at radius 1 is 1.50 bits per heavy atom. The van der Waals surface area contributed by atoms with Crippen molar-refractivity contribution in [1.29, 1.82) is 0 Å². The van der Waals surface area contributed by atoms with Crippen LogP contribution in [0.2, 0.25) is 0 Å². The van der Waals surface area contributed by atoms with Crippen LogP contribution in [-0.2, 0) is 10.0 Å². The van der Waals surface area contributed by atoms with E-state index < -0.39 is 10.0 Å². The van der Waals surface area contributed by atoms with Gasteiger partial charge in [-0.1, -0.05) is 0 Å². The fourth-order valence-electron chi connectivity index (χ4n) is 1.33. The maximum absolute atomic E-state index is 11.2. The normalized spacial score (nSPS) is 15.9. The summed E-state index contributed by atoms with van der Waals surface area (Å²) in [6, 6.07) is 1.60. The van der Waals surface area contributed by atoms with Gasteiger partial charge in [0.25, 0.3) is 0 Å². The first-order valence-corrected chi connectivity index (χ1v) is 6.95. The average Bonchev–Trinajstić information content (AvgIpc) is 2.92. The van der Waals surface area contributed by atoms with Crippen LogP contribution < -0.4 is 9.46 Å². The summed E-state index contributed by atoms with van der Waals surface area (Å²) in [4.78, 5) is 4.09. The predicted octanol–water partition coefficient (Wildman–Crippen LogP) is 1.30. The van der Waals surface area contributed by atoms with Crippen molar-refractivity contribution in [2.75, 3.05) is 11.0 Å². The SMILES string of the molecule is Cc1nccc(NS(C)(=O)=O)c1OC1CC1. The summed E-state index contributed by atoms with van der Waals surface area (Å²) >= 11 is 0. The van der Waals surface area contributed by atoms with Gasteiger partial charge in [0, 0.05) is 6.20 Å². The summed E-state index contributed by atoms with van der Waals surface area (Å²) in [6.45, 7) is 1.80. The molecule has 1 heterocycles. The third-order valence-electron chi connectivity index (χ3n) is 2.19. The zero-order valence-electron chi connectivity index (χ0n) is 9.23. The minimum absolute atomic E-state index is 0.211. The Bertz CT molecular complexity index is 495. The number of hydrogen-bond donors (Lipinski definition) is 1. The lowest BCUT2D eigenvalue weighted by molar-refractivity contribution is 0.301. The van der Waals surface area contributed by atoms with Crippen LogP contribution in [0.15, 0.2) is 12.3 Å². The Balaban J connectivity index is 2.31. The molecule has 1 aromatic rings. The Labute approximate surface area is 94.9 Å². The van der Waals surface area contributed by atoms with Crippen LogP contribution in [0.4, 0.5) is 5.69 Å². The zero-order chi connectivity index (χ0) is 11.8. The molecule has 1 N–H and O–H groups in total. The number of nitrogens with one attached hydrogen (secondary N) is 1. The van der Waals surface area contributed by atoms with E-state index in [1.54, 1.807) is 19.2 Å². The van der Waals surface area contributed by atoms with E-state index >= 15 is 0 Å². The maximum Gasteiger partial charge on any atom is 0.229 e. The van der Waals surface area contributed by atoms with Crippen LogP contribution in [0.3, 0.4) is 0 Å². The summed E-state index contributed by atoms with van der Waals surface area (Å²) in [5.74, 6) is 0.537. The molecule has 0 atom stereocenters. The third kappa shape index (κ3) is 2.85. The second-order valence-corrected chi connectivity index (χ2v) is 5.71.